The fourth-order valence-electron chi connectivity index (χ4n) is 2.80. The molecule has 0 atom stereocenters. The number of rotatable bonds is 3. The summed E-state index contributed by atoms with van der Waals surface area (Å²) in [6.07, 6.45) is 3.61. The van der Waals surface area contributed by atoms with E-state index in [9.17, 15) is 14.3 Å². The molecule has 1 fully saturated rings. The molecule has 0 unspecified atom stereocenters. The van der Waals surface area contributed by atoms with Crippen molar-refractivity contribution in [1.29, 1.82) is 0 Å². The highest BCUT2D eigenvalue weighted by molar-refractivity contribution is 5.59. The summed E-state index contributed by atoms with van der Waals surface area (Å²) in [5.74, 6) is -0.458. The second-order valence-electron chi connectivity index (χ2n) is 4.91. The molecule has 0 bridgehead atoms. The van der Waals surface area contributed by atoms with E-state index < -0.39 is 11.4 Å². The molecule has 19 heavy (non-hydrogen) atoms. The van der Waals surface area contributed by atoms with Crippen molar-refractivity contribution >= 4 is 6.08 Å². The van der Waals surface area contributed by atoms with E-state index in [2.05, 4.69) is 4.99 Å². The largest absolute Gasteiger partial charge is 0.504 e. The number of phenolic OH excluding ortho intramolecular Hbond substituents is 1. The van der Waals surface area contributed by atoms with Gasteiger partial charge in [0.2, 0.25) is 6.08 Å². The predicted octanol–water partition coefficient (Wildman–Crippen LogP) is 2.87. The number of hydrogen-bond donors (Lipinski definition) is 1. The number of halogens is 1. The van der Waals surface area contributed by atoms with E-state index in [1.165, 1.54) is 13.2 Å². The molecule has 1 N–H and O–H groups in total. The van der Waals surface area contributed by atoms with Gasteiger partial charge in [-0.3, -0.25) is 0 Å². The maximum Gasteiger partial charge on any atom is 0.235 e. The van der Waals surface area contributed by atoms with Gasteiger partial charge in [-0.15, -0.1) is 0 Å². The first-order valence-corrected chi connectivity index (χ1v) is 6.13. The van der Waals surface area contributed by atoms with Crippen molar-refractivity contribution in [3.8, 4) is 11.5 Å². The van der Waals surface area contributed by atoms with Crippen LogP contribution in [0.2, 0.25) is 0 Å². The number of phenols is 1. The molecule has 1 aromatic rings. The highest BCUT2D eigenvalue weighted by atomic mass is 19.1. The Bertz CT molecular complexity index is 573. The highest BCUT2D eigenvalue weighted by Crippen LogP contribution is 2.52. The zero-order valence-electron chi connectivity index (χ0n) is 11.2. The molecular formula is C14H16FNO3. The van der Waals surface area contributed by atoms with Gasteiger partial charge in [-0.2, -0.15) is 4.99 Å². The molecule has 0 aliphatic heterocycles. The molecule has 0 spiro atoms. The van der Waals surface area contributed by atoms with E-state index in [1.54, 1.807) is 13.8 Å². The van der Waals surface area contributed by atoms with Crippen LogP contribution in [0, 0.1) is 19.7 Å². The van der Waals surface area contributed by atoms with Gasteiger partial charge in [0.1, 0.15) is 11.4 Å². The fourth-order valence-corrected chi connectivity index (χ4v) is 2.80. The molecule has 0 heterocycles. The lowest BCUT2D eigenvalue weighted by atomic mass is 9.70. The number of ether oxygens (including phenoxy) is 1. The second-order valence-corrected chi connectivity index (χ2v) is 4.91. The van der Waals surface area contributed by atoms with E-state index in [1.807, 2.05) is 0 Å². The number of isocyanates is 1. The van der Waals surface area contributed by atoms with Gasteiger partial charge < -0.3 is 9.84 Å². The maximum absolute atomic E-state index is 14.2. The van der Waals surface area contributed by atoms with Crippen LogP contribution in [0.4, 0.5) is 4.39 Å². The zero-order valence-corrected chi connectivity index (χ0v) is 11.2. The van der Waals surface area contributed by atoms with Gasteiger partial charge in [-0.05, 0) is 38.7 Å². The third-order valence-corrected chi connectivity index (χ3v) is 3.94. The molecule has 0 saturated heterocycles. The van der Waals surface area contributed by atoms with Crippen LogP contribution >= 0.6 is 0 Å². The van der Waals surface area contributed by atoms with Crippen molar-refractivity contribution in [3.05, 3.63) is 22.5 Å². The third-order valence-electron chi connectivity index (χ3n) is 3.94. The SMILES string of the molecule is COc1c(C)c(F)c(C)c(C2(N=C=O)CCC2)c1O. The van der Waals surface area contributed by atoms with Gasteiger partial charge in [0.15, 0.2) is 11.5 Å². The van der Waals surface area contributed by atoms with Crippen LogP contribution in [-0.2, 0) is 10.3 Å². The minimum atomic E-state index is -0.849. The summed E-state index contributed by atoms with van der Waals surface area (Å²) >= 11 is 0. The van der Waals surface area contributed by atoms with E-state index in [0.29, 0.717) is 24.0 Å². The summed E-state index contributed by atoms with van der Waals surface area (Å²) in [5, 5.41) is 10.3. The van der Waals surface area contributed by atoms with Gasteiger partial charge >= 0.3 is 0 Å². The first kappa shape index (κ1) is 13.6. The second kappa shape index (κ2) is 4.67. The first-order valence-electron chi connectivity index (χ1n) is 6.13. The molecule has 1 aromatic carbocycles. The number of aromatic hydroxyl groups is 1. The molecule has 0 amide bonds. The minimum Gasteiger partial charge on any atom is -0.504 e. The number of carbonyl (C=O) groups excluding carboxylic acids is 1. The Morgan fingerprint density at radius 2 is 2.00 bits per heavy atom. The van der Waals surface area contributed by atoms with Crippen molar-refractivity contribution in [1.82, 2.24) is 0 Å². The number of aliphatic imine (C=N–C) groups is 1. The van der Waals surface area contributed by atoms with Crippen molar-refractivity contribution in [2.45, 2.75) is 38.6 Å². The van der Waals surface area contributed by atoms with Crippen LogP contribution in [0.1, 0.15) is 36.0 Å². The molecule has 5 heteroatoms. The van der Waals surface area contributed by atoms with Crippen molar-refractivity contribution in [3.63, 3.8) is 0 Å². The molecule has 0 aromatic heterocycles. The molecule has 4 nitrogen and oxygen atoms in total. The average Bonchev–Trinajstić information content (AvgIpc) is 2.34. The smallest absolute Gasteiger partial charge is 0.235 e. The monoisotopic (exact) mass is 265 g/mol. The van der Waals surface area contributed by atoms with Crippen LogP contribution < -0.4 is 4.74 Å². The summed E-state index contributed by atoms with van der Waals surface area (Å²) in [6, 6.07) is 0. The third kappa shape index (κ3) is 1.81. The Balaban J connectivity index is 2.76. The Hall–Kier alpha value is -1.87. The molecule has 0 radical (unpaired) electrons. The summed E-state index contributed by atoms with van der Waals surface area (Å²) in [6.45, 7) is 3.12. The zero-order chi connectivity index (χ0) is 14.2. The summed E-state index contributed by atoms with van der Waals surface area (Å²) in [5.41, 5.74) is 0.0694. The molecule has 2 rings (SSSR count). The van der Waals surface area contributed by atoms with Crippen LogP contribution in [0.3, 0.4) is 0 Å². The Morgan fingerprint density at radius 3 is 2.42 bits per heavy atom. The predicted molar refractivity (Wildman–Crippen MR) is 67.7 cm³/mol. The molecule has 1 saturated carbocycles. The van der Waals surface area contributed by atoms with Crippen LogP contribution in [0.5, 0.6) is 11.5 Å². The van der Waals surface area contributed by atoms with E-state index in [-0.39, 0.29) is 17.1 Å². The summed E-state index contributed by atoms with van der Waals surface area (Å²) < 4.78 is 19.3. The van der Waals surface area contributed by atoms with Crippen LogP contribution in [0.25, 0.3) is 0 Å². The van der Waals surface area contributed by atoms with Gasteiger partial charge in [-0.25, -0.2) is 9.18 Å². The average molecular weight is 265 g/mol. The minimum absolute atomic E-state index is 0.102. The summed E-state index contributed by atoms with van der Waals surface area (Å²) in [7, 11) is 1.37. The number of nitrogens with zero attached hydrogens (tertiary/aromatic N) is 1. The number of benzene rings is 1. The van der Waals surface area contributed by atoms with Gasteiger partial charge in [-0.1, -0.05) is 0 Å². The number of hydrogen-bond acceptors (Lipinski definition) is 4. The first-order chi connectivity index (χ1) is 8.98. The lowest BCUT2D eigenvalue weighted by Crippen LogP contribution is -2.33. The highest BCUT2D eigenvalue weighted by Gasteiger charge is 2.44. The Labute approximate surface area is 110 Å². The lowest BCUT2D eigenvalue weighted by Gasteiger charge is -2.39. The topological polar surface area (TPSA) is 58.9 Å². The molecular weight excluding hydrogens is 249 g/mol. The van der Waals surface area contributed by atoms with E-state index in [0.717, 1.165) is 6.42 Å². The quantitative estimate of drug-likeness (QED) is 0.675. The van der Waals surface area contributed by atoms with E-state index >= 15 is 0 Å². The lowest BCUT2D eigenvalue weighted by molar-refractivity contribution is 0.241. The van der Waals surface area contributed by atoms with Crippen molar-refractivity contribution in [2.75, 3.05) is 7.11 Å². The fraction of sp³-hybridized carbons (Fsp3) is 0.500. The molecule has 102 valence electrons. The van der Waals surface area contributed by atoms with Crippen molar-refractivity contribution in [2.24, 2.45) is 4.99 Å². The van der Waals surface area contributed by atoms with Crippen molar-refractivity contribution < 1.29 is 19.0 Å². The van der Waals surface area contributed by atoms with Crippen LogP contribution in [0.15, 0.2) is 4.99 Å². The van der Waals surface area contributed by atoms with Gasteiger partial charge in [0, 0.05) is 11.1 Å². The van der Waals surface area contributed by atoms with Gasteiger partial charge in [0.05, 0.1) is 7.11 Å². The Kier molecular flexibility index (Phi) is 3.33. The molecule has 1 aliphatic rings. The standard InChI is InChI=1S/C14H16FNO3/c1-8-10(14(16-7-17)5-4-6-14)12(18)13(19-3)9(2)11(8)15/h18H,4-6H2,1-3H3. The Morgan fingerprint density at radius 1 is 1.37 bits per heavy atom. The van der Waals surface area contributed by atoms with E-state index in [4.69, 9.17) is 4.74 Å². The van der Waals surface area contributed by atoms with Crippen LogP contribution in [-0.4, -0.2) is 18.3 Å². The molecule has 1 aliphatic carbocycles. The van der Waals surface area contributed by atoms with Gasteiger partial charge in [0.25, 0.3) is 0 Å². The summed E-state index contributed by atoms with van der Waals surface area (Å²) in [4.78, 5) is 14.4. The number of methoxy groups -OCH3 is 1. The maximum atomic E-state index is 14.2. The normalized spacial score (nSPS) is 16.4.